The minimum atomic E-state index is -0.727. The fraction of sp³-hybridized carbons (Fsp3) is 0.308. The van der Waals surface area contributed by atoms with Crippen molar-refractivity contribution in [2.45, 2.75) is 20.4 Å². The number of anilines is 1. The fourth-order valence-corrected chi connectivity index (χ4v) is 2.27. The Morgan fingerprint density at radius 3 is 2.90 bits per heavy atom. The van der Waals surface area contributed by atoms with Crippen LogP contribution in [0.2, 0.25) is 0 Å². The van der Waals surface area contributed by atoms with E-state index in [-0.39, 0.29) is 11.7 Å². The zero-order valence-electron chi connectivity index (χ0n) is 11.1. The Morgan fingerprint density at radius 1 is 1.55 bits per heavy atom. The van der Waals surface area contributed by atoms with Gasteiger partial charge in [-0.25, -0.2) is 9.18 Å². The number of amides is 1. The number of carbonyl (C=O) groups excluding carboxylic acids is 1. The Labute approximate surface area is 119 Å². The molecule has 0 saturated heterocycles. The largest absolute Gasteiger partial charge is 0.349 e. The summed E-state index contributed by atoms with van der Waals surface area (Å²) in [6, 6.07) is 3.32. The second-order valence-corrected chi connectivity index (χ2v) is 5.65. The van der Waals surface area contributed by atoms with Gasteiger partial charge in [0.05, 0.1) is 4.88 Å². The SMILES string of the molecule is CC(C)Cn1cc(F)c(NC(=O)c2cccs2)nc1=O. The maximum absolute atomic E-state index is 13.8. The first kappa shape index (κ1) is 14.4. The minimum Gasteiger partial charge on any atom is -0.303 e. The molecule has 2 aromatic heterocycles. The molecule has 0 aliphatic carbocycles. The zero-order valence-corrected chi connectivity index (χ0v) is 11.9. The molecule has 0 aliphatic rings. The van der Waals surface area contributed by atoms with Crippen LogP contribution in [0.15, 0.2) is 28.5 Å². The number of carbonyl (C=O) groups is 1. The molecular weight excluding hydrogens is 281 g/mol. The molecule has 0 unspecified atom stereocenters. The van der Waals surface area contributed by atoms with Gasteiger partial charge in [-0.1, -0.05) is 19.9 Å². The summed E-state index contributed by atoms with van der Waals surface area (Å²) >= 11 is 1.23. The van der Waals surface area contributed by atoms with Crippen LogP contribution >= 0.6 is 11.3 Å². The molecule has 0 radical (unpaired) electrons. The van der Waals surface area contributed by atoms with E-state index >= 15 is 0 Å². The lowest BCUT2D eigenvalue weighted by Gasteiger charge is -2.10. The van der Waals surface area contributed by atoms with Crippen LogP contribution in [0.1, 0.15) is 23.5 Å². The lowest BCUT2D eigenvalue weighted by Crippen LogP contribution is -2.27. The van der Waals surface area contributed by atoms with Crippen molar-refractivity contribution >= 4 is 23.1 Å². The Balaban J connectivity index is 2.23. The lowest BCUT2D eigenvalue weighted by molar-refractivity contribution is 0.102. The minimum absolute atomic E-state index is 0.195. The lowest BCUT2D eigenvalue weighted by atomic mass is 10.2. The maximum Gasteiger partial charge on any atom is 0.349 e. The number of hydrogen-bond acceptors (Lipinski definition) is 4. The van der Waals surface area contributed by atoms with Gasteiger partial charge in [0, 0.05) is 12.7 Å². The monoisotopic (exact) mass is 295 g/mol. The smallest absolute Gasteiger partial charge is 0.303 e. The van der Waals surface area contributed by atoms with Crippen LogP contribution in [-0.4, -0.2) is 15.5 Å². The van der Waals surface area contributed by atoms with Crippen molar-refractivity contribution in [1.82, 2.24) is 9.55 Å². The summed E-state index contributed by atoms with van der Waals surface area (Å²) in [5.74, 6) is -1.35. The van der Waals surface area contributed by atoms with Crippen LogP contribution in [0.5, 0.6) is 0 Å². The van der Waals surface area contributed by atoms with Crippen molar-refractivity contribution in [3.8, 4) is 0 Å². The second kappa shape index (κ2) is 5.96. The van der Waals surface area contributed by atoms with Crippen molar-refractivity contribution in [3.63, 3.8) is 0 Å². The van der Waals surface area contributed by atoms with Crippen molar-refractivity contribution in [2.75, 3.05) is 5.32 Å². The first-order valence-electron chi connectivity index (χ1n) is 6.09. The van der Waals surface area contributed by atoms with Crippen LogP contribution < -0.4 is 11.0 Å². The molecule has 0 atom stereocenters. The summed E-state index contributed by atoms with van der Waals surface area (Å²) in [6.45, 7) is 4.20. The number of nitrogens with zero attached hydrogens (tertiary/aromatic N) is 2. The average Bonchev–Trinajstić information content (AvgIpc) is 2.88. The third-order valence-electron chi connectivity index (χ3n) is 2.49. The molecule has 0 spiro atoms. The van der Waals surface area contributed by atoms with Gasteiger partial charge in [0.2, 0.25) is 0 Å². The summed E-state index contributed by atoms with van der Waals surface area (Å²) in [4.78, 5) is 27.5. The van der Waals surface area contributed by atoms with E-state index in [2.05, 4.69) is 10.3 Å². The van der Waals surface area contributed by atoms with E-state index < -0.39 is 17.4 Å². The van der Waals surface area contributed by atoms with Gasteiger partial charge in [0.25, 0.3) is 5.91 Å². The van der Waals surface area contributed by atoms with E-state index in [1.807, 2.05) is 13.8 Å². The van der Waals surface area contributed by atoms with Gasteiger partial charge < -0.3 is 5.32 Å². The van der Waals surface area contributed by atoms with E-state index in [0.29, 0.717) is 11.4 Å². The number of nitrogens with one attached hydrogen (secondary N) is 1. The summed E-state index contributed by atoms with van der Waals surface area (Å²) in [7, 11) is 0. The van der Waals surface area contributed by atoms with E-state index in [0.717, 1.165) is 6.20 Å². The van der Waals surface area contributed by atoms with Crippen LogP contribution in [0.25, 0.3) is 0 Å². The number of thiophene rings is 1. The Hall–Kier alpha value is -2.02. The van der Waals surface area contributed by atoms with Gasteiger partial charge in [0.15, 0.2) is 11.6 Å². The molecule has 1 amide bonds. The standard InChI is InChI=1S/C13H14FN3O2S/c1-8(2)6-17-7-9(14)11(16-13(17)19)15-12(18)10-4-3-5-20-10/h3-5,7-8H,6H2,1-2H3,(H,15,16,18,19). The quantitative estimate of drug-likeness (QED) is 0.941. The fourth-order valence-electron chi connectivity index (χ4n) is 1.66. The molecule has 20 heavy (non-hydrogen) atoms. The summed E-state index contributed by atoms with van der Waals surface area (Å²) < 4.78 is 15.0. The molecule has 2 aromatic rings. The Morgan fingerprint density at radius 2 is 2.30 bits per heavy atom. The maximum atomic E-state index is 13.8. The first-order valence-corrected chi connectivity index (χ1v) is 6.97. The van der Waals surface area contributed by atoms with E-state index in [1.165, 1.54) is 15.9 Å². The summed E-state index contributed by atoms with van der Waals surface area (Å²) in [5.41, 5.74) is -0.582. The van der Waals surface area contributed by atoms with Gasteiger partial charge >= 0.3 is 5.69 Å². The molecule has 2 heterocycles. The predicted molar refractivity (Wildman–Crippen MR) is 75.6 cm³/mol. The van der Waals surface area contributed by atoms with Crippen LogP contribution in [-0.2, 0) is 6.54 Å². The van der Waals surface area contributed by atoms with E-state index in [1.54, 1.807) is 17.5 Å². The third kappa shape index (κ3) is 3.30. The molecule has 0 aromatic carbocycles. The third-order valence-corrected chi connectivity index (χ3v) is 3.36. The first-order chi connectivity index (χ1) is 9.47. The molecule has 0 fully saturated rings. The Kier molecular flexibility index (Phi) is 4.29. The topological polar surface area (TPSA) is 64.0 Å². The molecule has 0 bridgehead atoms. The van der Waals surface area contributed by atoms with Crippen LogP contribution in [0.3, 0.4) is 0 Å². The highest BCUT2D eigenvalue weighted by molar-refractivity contribution is 7.12. The van der Waals surface area contributed by atoms with Crippen LogP contribution in [0, 0.1) is 11.7 Å². The molecule has 0 aliphatic heterocycles. The van der Waals surface area contributed by atoms with Crippen molar-refractivity contribution < 1.29 is 9.18 Å². The highest BCUT2D eigenvalue weighted by Crippen LogP contribution is 2.13. The molecule has 5 nitrogen and oxygen atoms in total. The molecule has 2 rings (SSSR count). The molecular formula is C13H14FN3O2S. The predicted octanol–water partition coefficient (Wildman–Crippen LogP) is 2.35. The van der Waals surface area contributed by atoms with Gasteiger partial charge in [-0.2, -0.15) is 4.98 Å². The van der Waals surface area contributed by atoms with Crippen molar-refractivity contribution in [1.29, 1.82) is 0 Å². The van der Waals surface area contributed by atoms with Gasteiger partial charge in [-0.3, -0.25) is 9.36 Å². The number of rotatable bonds is 4. The van der Waals surface area contributed by atoms with Crippen LogP contribution in [0.4, 0.5) is 10.2 Å². The Bertz CT molecular complexity index is 665. The van der Waals surface area contributed by atoms with Gasteiger partial charge in [-0.15, -0.1) is 11.3 Å². The molecule has 106 valence electrons. The average molecular weight is 295 g/mol. The van der Waals surface area contributed by atoms with E-state index in [4.69, 9.17) is 0 Å². The number of halogens is 1. The molecule has 1 N–H and O–H groups in total. The highest BCUT2D eigenvalue weighted by Gasteiger charge is 2.14. The highest BCUT2D eigenvalue weighted by atomic mass is 32.1. The van der Waals surface area contributed by atoms with Gasteiger partial charge in [-0.05, 0) is 17.4 Å². The number of hydrogen-bond donors (Lipinski definition) is 1. The summed E-state index contributed by atoms with van der Waals surface area (Å²) in [6.07, 6.45) is 1.07. The van der Waals surface area contributed by atoms with Crippen molar-refractivity contribution in [2.24, 2.45) is 5.92 Å². The van der Waals surface area contributed by atoms with E-state index in [9.17, 15) is 14.0 Å². The number of aromatic nitrogens is 2. The van der Waals surface area contributed by atoms with Gasteiger partial charge in [0.1, 0.15) is 0 Å². The van der Waals surface area contributed by atoms with Crippen molar-refractivity contribution in [3.05, 3.63) is 44.9 Å². The second-order valence-electron chi connectivity index (χ2n) is 4.70. The zero-order chi connectivity index (χ0) is 14.7. The molecule has 7 heteroatoms. The normalized spacial score (nSPS) is 10.8. The summed E-state index contributed by atoms with van der Waals surface area (Å²) in [5, 5.41) is 4.04. The molecule has 0 saturated carbocycles.